The first-order valence-electron chi connectivity index (χ1n) is 15.0. The van der Waals surface area contributed by atoms with Crippen molar-refractivity contribution in [2.24, 2.45) is 7.05 Å². The molecule has 240 valence electrons. The van der Waals surface area contributed by atoms with Gasteiger partial charge in [-0.25, -0.2) is 18.4 Å². The summed E-state index contributed by atoms with van der Waals surface area (Å²) in [6, 6.07) is 6.98. The number of aromatic nitrogens is 4. The van der Waals surface area contributed by atoms with E-state index in [4.69, 9.17) is 19.7 Å². The number of benzene rings is 2. The van der Waals surface area contributed by atoms with Gasteiger partial charge in [0.15, 0.2) is 23.1 Å². The second kappa shape index (κ2) is 15.3. The fraction of sp³-hybridized carbons (Fsp3) is 0.394. The van der Waals surface area contributed by atoms with Gasteiger partial charge in [0.1, 0.15) is 0 Å². The van der Waals surface area contributed by atoms with Crippen LogP contribution in [0.4, 0.5) is 8.78 Å². The van der Waals surface area contributed by atoms with E-state index in [-0.39, 0.29) is 35.8 Å². The van der Waals surface area contributed by atoms with Crippen LogP contribution in [0.5, 0.6) is 11.5 Å². The van der Waals surface area contributed by atoms with E-state index in [1.165, 1.54) is 24.3 Å². The minimum Gasteiger partial charge on any atom is -0.490 e. The zero-order chi connectivity index (χ0) is 32.5. The van der Waals surface area contributed by atoms with Crippen LogP contribution in [0.1, 0.15) is 80.8 Å². The molecule has 0 aliphatic rings. The Balaban J connectivity index is 1.30. The maximum absolute atomic E-state index is 14.1. The molecule has 0 spiro atoms. The topological polar surface area (TPSA) is 140 Å². The summed E-state index contributed by atoms with van der Waals surface area (Å²) in [5.74, 6) is -3.65. The smallest absolute Gasteiger partial charge is 0.335 e. The average Bonchev–Trinajstić information content (AvgIpc) is 3.52. The Morgan fingerprint density at radius 2 is 1.40 bits per heavy atom. The van der Waals surface area contributed by atoms with Crippen LogP contribution in [0, 0.1) is 18.6 Å². The third kappa shape index (κ3) is 8.46. The van der Waals surface area contributed by atoms with Gasteiger partial charge in [0.2, 0.25) is 0 Å². The predicted molar refractivity (Wildman–Crippen MR) is 162 cm³/mol. The Hall–Kier alpha value is -4.74. The fourth-order valence-corrected chi connectivity index (χ4v) is 5.41. The van der Waals surface area contributed by atoms with Gasteiger partial charge in [-0.05, 0) is 106 Å². The van der Waals surface area contributed by atoms with Gasteiger partial charge in [0, 0.05) is 18.4 Å². The number of hydrogen-bond acceptors (Lipinski definition) is 6. The Morgan fingerprint density at radius 1 is 0.844 bits per heavy atom. The molecule has 0 radical (unpaired) electrons. The van der Waals surface area contributed by atoms with Crippen molar-refractivity contribution in [2.45, 2.75) is 65.2 Å². The molecular formula is C33H38F2N4O6. The number of ether oxygens (including phenoxy) is 2. The van der Waals surface area contributed by atoms with Crippen molar-refractivity contribution < 1.29 is 38.1 Å². The minimum absolute atomic E-state index is 0.0319. The molecule has 0 atom stereocenters. The van der Waals surface area contributed by atoms with Gasteiger partial charge in [-0.2, -0.15) is 10.2 Å². The maximum atomic E-state index is 14.1. The van der Waals surface area contributed by atoms with E-state index in [1.807, 2.05) is 18.7 Å². The van der Waals surface area contributed by atoms with Crippen molar-refractivity contribution in [1.29, 1.82) is 0 Å². The molecule has 45 heavy (non-hydrogen) atoms. The Morgan fingerprint density at radius 3 is 1.93 bits per heavy atom. The largest absolute Gasteiger partial charge is 0.490 e. The third-order valence-electron chi connectivity index (χ3n) is 7.71. The fourth-order valence-electron chi connectivity index (χ4n) is 5.41. The van der Waals surface area contributed by atoms with E-state index in [0.717, 1.165) is 71.7 Å². The number of aromatic carboxylic acids is 2. The average molecular weight is 625 g/mol. The number of H-pyrrole nitrogens is 1. The third-order valence-corrected chi connectivity index (χ3v) is 7.71. The van der Waals surface area contributed by atoms with Gasteiger partial charge < -0.3 is 19.7 Å². The highest BCUT2D eigenvalue weighted by Gasteiger charge is 2.17. The van der Waals surface area contributed by atoms with Gasteiger partial charge in [-0.15, -0.1) is 0 Å². The summed E-state index contributed by atoms with van der Waals surface area (Å²) in [6.45, 7) is 4.47. The standard InChI is InChI=1S/C33H38F2N4O6/c1-4-27-24(9-7-17-45-31-19-22(33(42)43)13-15-26(31)35)28(37-36-27)10-5-11-29-23(20(2)38-39(29)3)8-6-16-44-30-18-21(32(40)41)12-14-25(30)34/h12-15,18-19H,4-11,16-17H2,1-3H3,(H,36,37)(H,40,41)(H,42,43). The van der Waals surface area contributed by atoms with Gasteiger partial charge >= 0.3 is 11.9 Å². The number of nitrogens with zero attached hydrogens (tertiary/aromatic N) is 3. The highest BCUT2D eigenvalue weighted by atomic mass is 19.1. The number of halogens is 2. The number of nitrogens with one attached hydrogen (secondary N) is 1. The first-order valence-corrected chi connectivity index (χ1v) is 15.0. The van der Waals surface area contributed by atoms with E-state index in [1.54, 1.807) is 0 Å². The van der Waals surface area contributed by atoms with Crippen molar-refractivity contribution in [3.63, 3.8) is 0 Å². The van der Waals surface area contributed by atoms with Crippen LogP contribution in [0.15, 0.2) is 36.4 Å². The molecule has 2 aromatic carbocycles. The zero-order valence-electron chi connectivity index (χ0n) is 25.7. The van der Waals surface area contributed by atoms with Crippen LogP contribution in [-0.2, 0) is 39.2 Å². The number of carbonyl (C=O) groups is 2. The summed E-state index contributed by atoms with van der Waals surface area (Å²) in [7, 11) is 1.92. The normalized spacial score (nSPS) is 11.1. The molecule has 10 nitrogen and oxygen atoms in total. The molecule has 0 saturated heterocycles. The molecule has 3 N–H and O–H groups in total. The Bertz CT molecular complexity index is 1650. The lowest BCUT2D eigenvalue weighted by Gasteiger charge is -2.10. The molecule has 0 fully saturated rings. The molecule has 0 aliphatic heterocycles. The molecule has 0 unspecified atom stereocenters. The SMILES string of the molecule is CCc1[nH]nc(CCCc2c(CCCOc3cc(C(=O)O)ccc3F)c(C)nn2C)c1CCCOc1cc(C(=O)O)ccc1F. The van der Waals surface area contributed by atoms with Crippen LogP contribution in [-0.4, -0.2) is 55.3 Å². The van der Waals surface area contributed by atoms with Crippen LogP contribution in [0.3, 0.4) is 0 Å². The molecule has 4 aromatic rings. The van der Waals surface area contributed by atoms with Crippen molar-refractivity contribution >= 4 is 11.9 Å². The van der Waals surface area contributed by atoms with Crippen molar-refractivity contribution in [3.05, 3.63) is 93.1 Å². The van der Waals surface area contributed by atoms with E-state index in [9.17, 15) is 18.4 Å². The number of carboxylic acid groups (broad SMARTS) is 2. The minimum atomic E-state index is -1.14. The lowest BCUT2D eigenvalue weighted by Crippen LogP contribution is -2.06. The van der Waals surface area contributed by atoms with Gasteiger partial charge in [0.25, 0.3) is 0 Å². The first kappa shape index (κ1) is 33.2. The second-order valence-electron chi connectivity index (χ2n) is 10.8. The summed E-state index contributed by atoms with van der Waals surface area (Å²) < 4.78 is 41.2. The lowest BCUT2D eigenvalue weighted by atomic mass is 10.00. The van der Waals surface area contributed by atoms with Crippen LogP contribution < -0.4 is 9.47 Å². The van der Waals surface area contributed by atoms with Crippen LogP contribution >= 0.6 is 0 Å². The van der Waals surface area contributed by atoms with Gasteiger partial charge in [-0.3, -0.25) is 9.78 Å². The Labute approximate surface area is 260 Å². The molecular weight excluding hydrogens is 586 g/mol. The number of aromatic amines is 1. The Kier molecular flexibility index (Phi) is 11.3. The summed E-state index contributed by atoms with van der Waals surface area (Å²) >= 11 is 0. The number of aryl methyl sites for hydroxylation is 4. The summed E-state index contributed by atoms with van der Waals surface area (Å²) in [4.78, 5) is 22.4. The highest BCUT2D eigenvalue weighted by molar-refractivity contribution is 5.88. The van der Waals surface area contributed by atoms with Crippen molar-refractivity contribution in [2.75, 3.05) is 13.2 Å². The van der Waals surface area contributed by atoms with Crippen molar-refractivity contribution in [1.82, 2.24) is 20.0 Å². The quantitative estimate of drug-likeness (QED) is 0.124. The summed E-state index contributed by atoms with van der Waals surface area (Å²) in [5.41, 5.74) is 6.23. The predicted octanol–water partition coefficient (Wildman–Crippen LogP) is 5.89. The van der Waals surface area contributed by atoms with Crippen molar-refractivity contribution in [3.8, 4) is 11.5 Å². The van der Waals surface area contributed by atoms with E-state index < -0.39 is 23.6 Å². The number of carboxylic acids is 2. The molecule has 0 saturated carbocycles. The second-order valence-corrected chi connectivity index (χ2v) is 10.8. The summed E-state index contributed by atoms with van der Waals surface area (Å²) in [6.07, 6.45) is 5.71. The van der Waals surface area contributed by atoms with E-state index in [0.29, 0.717) is 25.7 Å². The molecule has 4 rings (SSSR count). The first-order chi connectivity index (χ1) is 21.6. The zero-order valence-corrected chi connectivity index (χ0v) is 25.7. The van der Waals surface area contributed by atoms with Crippen LogP contribution in [0.25, 0.3) is 0 Å². The van der Waals surface area contributed by atoms with Crippen LogP contribution in [0.2, 0.25) is 0 Å². The van der Waals surface area contributed by atoms with Gasteiger partial charge in [0.05, 0.1) is 35.7 Å². The molecule has 0 bridgehead atoms. The van der Waals surface area contributed by atoms with E-state index >= 15 is 0 Å². The number of rotatable bonds is 17. The highest BCUT2D eigenvalue weighted by Crippen LogP contribution is 2.23. The molecule has 0 aliphatic carbocycles. The molecule has 12 heteroatoms. The van der Waals surface area contributed by atoms with Gasteiger partial charge in [-0.1, -0.05) is 6.92 Å². The summed E-state index contributed by atoms with van der Waals surface area (Å²) in [5, 5.41) is 30.6. The lowest BCUT2D eigenvalue weighted by molar-refractivity contribution is 0.0685. The molecule has 2 aromatic heterocycles. The monoisotopic (exact) mass is 624 g/mol. The van der Waals surface area contributed by atoms with E-state index in [2.05, 4.69) is 22.2 Å². The maximum Gasteiger partial charge on any atom is 0.335 e. The number of hydrogen-bond donors (Lipinski definition) is 3. The molecule has 2 heterocycles. The molecule has 0 amide bonds.